The molecular formula is C14H32O2Si. The van der Waals surface area contributed by atoms with Crippen LogP contribution in [-0.4, -0.2) is 22.8 Å². The van der Waals surface area contributed by atoms with E-state index in [1.807, 2.05) is 14.2 Å². The van der Waals surface area contributed by atoms with E-state index in [-0.39, 0.29) is 5.04 Å². The first-order valence-corrected chi connectivity index (χ1v) is 8.70. The van der Waals surface area contributed by atoms with Crippen molar-refractivity contribution in [3.05, 3.63) is 0 Å². The third kappa shape index (κ3) is 2.94. The van der Waals surface area contributed by atoms with Gasteiger partial charge in [-0.25, -0.2) is 0 Å². The zero-order valence-electron chi connectivity index (χ0n) is 13.3. The predicted molar refractivity (Wildman–Crippen MR) is 77.5 cm³/mol. The highest BCUT2D eigenvalue weighted by Gasteiger charge is 2.57. The standard InChI is InChI=1S/C14H32O2Si/c1-10-13(11(2)3)17(15-8,16-9)14(6,7)12(4)5/h11-13H,10H2,1-9H3. The Bertz CT molecular complexity index is 220. The smallest absolute Gasteiger partial charge is 0.347 e. The van der Waals surface area contributed by atoms with Gasteiger partial charge in [-0.2, -0.15) is 0 Å². The van der Waals surface area contributed by atoms with E-state index >= 15 is 0 Å². The summed E-state index contributed by atoms with van der Waals surface area (Å²) in [5, 5.41) is 0.113. The topological polar surface area (TPSA) is 18.5 Å². The van der Waals surface area contributed by atoms with Crippen LogP contribution in [0.1, 0.15) is 54.9 Å². The van der Waals surface area contributed by atoms with Gasteiger partial charge in [-0.05, 0) is 11.8 Å². The lowest BCUT2D eigenvalue weighted by molar-refractivity contribution is 0.169. The third-order valence-corrected chi connectivity index (χ3v) is 10.3. The van der Waals surface area contributed by atoms with E-state index in [0.29, 0.717) is 17.4 Å². The second kappa shape index (κ2) is 6.35. The van der Waals surface area contributed by atoms with Gasteiger partial charge < -0.3 is 8.85 Å². The van der Waals surface area contributed by atoms with Crippen molar-refractivity contribution in [1.29, 1.82) is 0 Å². The van der Waals surface area contributed by atoms with Crippen LogP contribution in [-0.2, 0) is 8.85 Å². The molecule has 0 aromatic carbocycles. The highest BCUT2D eigenvalue weighted by molar-refractivity contribution is 6.72. The molecule has 3 heteroatoms. The lowest BCUT2D eigenvalue weighted by Gasteiger charge is -2.49. The van der Waals surface area contributed by atoms with Crippen LogP contribution in [0.15, 0.2) is 0 Å². The molecule has 0 radical (unpaired) electrons. The van der Waals surface area contributed by atoms with Crippen molar-refractivity contribution >= 4 is 8.56 Å². The number of rotatable bonds is 7. The molecule has 0 spiro atoms. The predicted octanol–water partition coefficient (Wildman–Crippen LogP) is 4.59. The molecule has 0 N–H and O–H groups in total. The molecular weight excluding hydrogens is 228 g/mol. The molecule has 0 fully saturated rings. The monoisotopic (exact) mass is 260 g/mol. The van der Waals surface area contributed by atoms with Crippen LogP contribution in [0.5, 0.6) is 0 Å². The molecule has 2 nitrogen and oxygen atoms in total. The Morgan fingerprint density at radius 2 is 1.41 bits per heavy atom. The van der Waals surface area contributed by atoms with Crippen LogP contribution in [0, 0.1) is 11.8 Å². The fourth-order valence-electron chi connectivity index (χ4n) is 2.97. The average molecular weight is 260 g/mol. The first-order chi connectivity index (χ1) is 7.71. The first-order valence-electron chi connectivity index (χ1n) is 6.81. The molecule has 0 heterocycles. The van der Waals surface area contributed by atoms with Crippen molar-refractivity contribution in [1.82, 2.24) is 0 Å². The summed E-state index contributed by atoms with van der Waals surface area (Å²) < 4.78 is 12.1. The molecule has 0 aromatic rings. The summed E-state index contributed by atoms with van der Waals surface area (Å²) in [6.45, 7) is 16.0. The van der Waals surface area contributed by atoms with Crippen LogP contribution in [0.2, 0.25) is 10.6 Å². The fraction of sp³-hybridized carbons (Fsp3) is 1.00. The van der Waals surface area contributed by atoms with Gasteiger partial charge in [0.05, 0.1) is 0 Å². The van der Waals surface area contributed by atoms with E-state index in [4.69, 9.17) is 8.85 Å². The molecule has 0 amide bonds. The Labute approximate surface area is 109 Å². The van der Waals surface area contributed by atoms with Gasteiger partial charge in [-0.3, -0.25) is 0 Å². The highest BCUT2D eigenvalue weighted by Crippen LogP contribution is 2.53. The first kappa shape index (κ1) is 17.1. The maximum atomic E-state index is 6.04. The van der Waals surface area contributed by atoms with Gasteiger partial charge in [-0.1, -0.05) is 54.9 Å². The second-order valence-electron chi connectivity index (χ2n) is 6.21. The molecule has 0 aliphatic carbocycles. The van der Waals surface area contributed by atoms with E-state index in [0.717, 1.165) is 6.42 Å². The third-order valence-electron chi connectivity index (χ3n) is 4.68. The fourth-order valence-corrected chi connectivity index (χ4v) is 7.97. The van der Waals surface area contributed by atoms with E-state index < -0.39 is 8.56 Å². The minimum absolute atomic E-state index is 0.113. The van der Waals surface area contributed by atoms with Gasteiger partial charge >= 0.3 is 8.56 Å². The minimum atomic E-state index is -2.23. The molecule has 0 aliphatic rings. The van der Waals surface area contributed by atoms with Crippen LogP contribution in [0.25, 0.3) is 0 Å². The molecule has 0 saturated carbocycles. The Balaban J connectivity index is 5.57. The van der Waals surface area contributed by atoms with Crippen LogP contribution < -0.4 is 0 Å². The van der Waals surface area contributed by atoms with Gasteiger partial charge in [0.2, 0.25) is 0 Å². The van der Waals surface area contributed by atoms with E-state index in [1.54, 1.807) is 0 Å². The van der Waals surface area contributed by atoms with Crippen molar-refractivity contribution < 1.29 is 8.85 Å². The lowest BCUT2D eigenvalue weighted by Crippen LogP contribution is -2.56. The Kier molecular flexibility index (Phi) is 6.40. The number of hydrogen-bond donors (Lipinski definition) is 0. The van der Waals surface area contributed by atoms with Crippen LogP contribution in [0.4, 0.5) is 0 Å². The quantitative estimate of drug-likeness (QED) is 0.623. The van der Waals surface area contributed by atoms with Gasteiger partial charge in [0.1, 0.15) is 0 Å². The Hall–Kier alpha value is 0.137. The van der Waals surface area contributed by atoms with E-state index in [2.05, 4.69) is 48.5 Å². The molecule has 1 unspecified atom stereocenters. The average Bonchev–Trinajstić information content (AvgIpc) is 2.24. The van der Waals surface area contributed by atoms with Crippen molar-refractivity contribution in [2.45, 2.75) is 65.5 Å². The molecule has 1 atom stereocenters. The summed E-state index contributed by atoms with van der Waals surface area (Å²) in [6.07, 6.45) is 1.13. The Morgan fingerprint density at radius 3 is 1.59 bits per heavy atom. The molecule has 0 aromatic heterocycles. The van der Waals surface area contributed by atoms with Crippen LogP contribution in [0.3, 0.4) is 0 Å². The largest absolute Gasteiger partial charge is 0.397 e. The summed E-state index contributed by atoms with van der Waals surface area (Å²) in [4.78, 5) is 0. The molecule has 0 aliphatic heterocycles. The van der Waals surface area contributed by atoms with Crippen molar-refractivity contribution in [3.8, 4) is 0 Å². The SMILES string of the molecule is CCC(C(C)C)[Si](OC)(OC)C(C)(C)C(C)C. The Morgan fingerprint density at radius 1 is 1.00 bits per heavy atom. The van der Waals surface area contributed by atoms with Gasteiger partial charge in [-0.15, -0.1) is 0 Å². The van der Waals surface area contributed by atoms with Gasteiger partial charge in [0, 0.05) is 24.8 Å². The highest BCUT2D eigenvalue weighted by atomic mass is 28.4. The van der Waals surface area contributed by atoms with Crippen LogP contribution >= 0.6 is 0 Å². The molecule has 0 rings (SSSR count). The maximum Gasteiger partial charge on any atom is 0.347 e. The summed E-state index contributed by atoms with van der Waals surface area (Å²) in [5.41, 5.74) is 0.537. The molecule has 17 heavy (non-hydrogen) atoms. The molecule has 104 valence electrons. The zero-order chi connectivity index (χ0) is 13.9. The zero-order valence-corrected chi connectivity index (χ0v) is 14.3. The molecule has 0 saturated heterocycles. The summed E-state index contributed by atoms with van der Waals surface area (Å²) in [5.74, 6) is 1.16. The maximum absolute atomic E-state index is 6.04. The van der Waals surface area contributed by atoms with Gasteiger partial charge in [0.25, 0.3) is 0 Å². The summed E-state index contributed by atoms with van der Waals surface area (Å²) in [7, 11) is 1.45. The van der Waals surface area contributed by atoms with Crippen molar-refractivity contribution in [2.75, 3.05) is 14.2 Å². The lowest BCUT2D eigenvalue weighted by atomic mass is 9.99. The summed E-state index contributed by atoms with van der Waals surface area (Å²) in [6, 6.07) is 0. The number of hydrogen-bond acceptors (Lipinski definition) is 2. The van der Waals surface area contributed by atoms with Crippen molar-refractivity contribution in [3.63, 3.8) is 0 Å². The normalized spacial score (nSPS) is 15.7. The minimum Gasteiger partial charge on any atom is -0.397 e. The molecule has 0 bridgehead atoms. The van der Waals surface area contributed by atoms with E-state index in [9.17, 15) is 0 Å². The van der Waals surface area contributed by atoms with E-state index in [1.165, 1.54) is 0 Å². The van der Waals surface area contributed by atoms with Gasteiger partial charge in [0.15, 0.2) is 0 Å². The second-order valence-corrected chi connectivity index (χ2v) is 10.4. The van der Waals surface area contributed by atoms with Crippen molar-refractivity contribution in [2.24, 2.45) is 11.8 Å². The summed E-state index contributed by atoms with van der Waals surface area (Å²) >= 11 is 0.